The molecule has 5 nitrogen and oxygen atoms in total. The summed E-state index contributed by atoms with van der Waals surface area (Å²) in [7, 11) is 1.54. The predicted molar refractivity (Wildman–Crippen MR) is 87.1 cm³/mol. The molecule has 0 bridgehead atoms. The summed E-state index contributed by atoms with van der Waals surface area (Å²) in [5.74, 6) is -0.760. The molecule has 1 atom stereocenters. The molecule has 0 heterocycles. The van der Waals surface area contributed by atoms with Crippen LogP contribution in [0, 0.1) is 5.82 Å². The van der Waals surface area contributed by atoms with Crippen LogP contribution in [-0.4, -0.2) is 31.8 Å². The zero-order valence-corrected chi connectivity index (χ0v) is 14.0. The van der Waals surface area contributed by atoms with Crippen molar-refractivity contribution in [1.82, 2.24) is 0 Å². The van der Waals surface area contributed by atoms with Gasteiger partial charge in [-0.25, -0.2) is 4.39 Å². The summed E-state index contributed by atoms with van der Waals surface area (Å²) in [6.45, 7) is 4.24. The zero-order chi connectivity index (χ0) is 15.9. The van der Waals surface area contributed by atoms with Crippen LogP contribution < -0.4 is 15.8 Å². The second-order valence-electron chi connectivity index (χ2n) is 5.11. The third kappa shape index (κ3) is 6.17. The van der Waals surface area contributed by atoms with Gasteiger partial charge in [0, 0.05) is 18.9 Å². The van der Waals surface area contributed by atoms with Crippen LogP contribution in [0.25, 0.3) is 0 Å². The molecule has 1 amide bonds. The molecule has 7 heteroatoms. The van der Waals surface area contributed by atoms with Gasteiger partial charge >= 0.3 is 0 Å². The molecule has 3 N–H and O–H groups in total. The number of benzene rings is 1. The van der Waals surface area contributed by atoms with E-state index in [4.69, 9.17) is 15.2 Å². The van der Waals surface area contributed by atoms with Crippen molar-refractivity contribution < 1.29 is 18.7 Å². The molecule has 1 unspecified atom stereocenters. The van der Waals surface area contributed by atoms with Gasteiger partial charge in [0.1, 0.15) is 6.61 Å². The smallest absolute Gasteiger partial charge is 0.244 e. The fraction of sp³-hybridized carbons (Fsp3) is 0.533. The van der Waals surface area contributed by atoms with E-state index in [-0.39, 0.29) is 30.7 Å². The van der Waals surface area contributed by atoms with Gasteiger partial charge in [-0.1, -0.05) is 13.3 Å². The van der Waals surface area contributed by atoms with Crippen LogP contribution >= 0.6 is 12.4 Å². The van der Waals surface area contributed by atoms with Crippen molar-refractivity contribution in [2.75, 3.05) is 25.6 Å². The molecular formula is C15H24ClFN2O3. The van der Waals surface area contributed by atoms with E-state index in [0.29, 0.717) is 18.7 Å². The van der Waals surface area contributed by atoms with Crippen molar-refractivity contribution in [2.24, 2.45) is 5.73 Å². The SMILES string of the molecule is CCCC(C)(N)C(=O)Nc1ccc(OCCOC)c(F)c1.Cl. The highest BCUT2D eigenvalue weighted by atomic mass is 35.5. The quantitative estimate of drug-likeness (QED) is 0.717. The normalized spacial score (nSPS) is 13.0. The fourth-order valence-corrected chi connectivity index (χ4v) is 1.84. The predicted octanol–water partition coefficient (Wildman–Crippen LogP) is 2.73. The lowest BCUT2D eigenvalue weighted by molar-refractivity contribution is -0.120. The first-order chi connectivity index (χ1) is 9.90. The number of halogens is 2. The van der Waals surface area contributed by atoms with E-state index < -0.39 is 11.4 Å². The minimum atomic E-state index is -0.973. The highest BCUT2D eigenvalue weighted by Crippen LogP contribution is 2.22. The Morgan fingerprint density at radius 3 is 2.64 bits per heavy atom. The van der Waals surface area contributed by atoms with Crippen LogP contribution in [0.1, 0.15) is 26.7 Å². The minimum Gasteiger partial charge on any atom is -0.488 e. The number of amides is 1. The Hall–Kier alpha value is -1.37. The Morgan fingerprint density at radius 1 is 1.41 bits per heavy atom. The van der Waals surface area contributed by atoms with Gasteiger partial charge < -0.3 is 20.5 Å². The van der Waals surface area contributed by atoms with Gasteiger partial charge in [-0.2, -0.15) is 0 Å². The van der Waals surface area contributed by atoms with Crippen LogP contribution in [0.3, 0.4) is 0 Å². The Labute approximate surface area is 136 Å². The second kappa shape index (κ2) is 9.61. The first kappa shape index (κ1) is 20.6. The number of carbonyl (C=O) groups excluding carboxylic acids is 1. The van der Waals surface area contributed by atoms with Crippen molar-refractivity contribution >= 4 is 24.0 Å². The van der Waals surface area contributed by atoms with E-state index in [1.54, 1.807) is 20.1 Å². The van der Waals surface area contributed by atoms with Crippen molar-refractivity contribution in [3.05, 3.63) is 24.0 Å². The number of hydrogen-bond donors (Lipinski definition) is 2. The van der Waals surface area contributed by atoms with Crippen LogP contribution in [0.4, 0.5) is 10.1 Å². The Balaban J connectivity index is 0.00000441. The average molecular weight is 335 g/mol. The number of nitrogens with one attached hydrogen (secondary N) is 1. The van der Waals surface area contributed by atoms with Crippen LogP contribution in [0.15, 0.2) is 18.2 Å². The summed E-state index contributed by atoms with van der Waals surface area (Å²) in [6.07, 6.45) is 1.35. The topological polar surface area (TPSA) is 73.6 Å². The Morgan fingerprint density at radius 2 is 2.09 bits per heavy atom. The molecule has 0 fully saturated rings. The molecule has 0 radical (unpaired) electrons. The van der Waals surface area contributed by atoms with E-state index in [9.17, 15) is 9.18 Å². The van der Waals surface area contributed by atoms with Gasteiger partial charge in [-0.05, 0) is 25.5 Å². The summed E-state index contributed by atoms with van der Waals surface area (Å²) in [4.78, 5) is 12.0. The maximum absolute atomic E-state index is 13.8. The van der Waals surface area contributed by atoms with Crippen molar-refractivity contribution in [3.63, 3.8) is 0 Å². The van der Waals surface area contributed by atoms with E-state index in [1.807, 2.05) is 6.92 Å². The molecule has 126 valence electrons. The number of methoxy groups -OCH3 is 1. The van der Waals surface area contributed by atoms with Crippen molar-refractivity contribution in [3.8, 4) is 5.75 Å². The molecule has 1 rings (SSSR count). The van der Waals surface area contributed by atoms with Gasteiger partial charge in [0.15, 0.2) is 11.6 Å². The second-order valence-corrected chi connectivity index (χ2v) is 5.11. The third-order valence-corrected chi connectivity index (χ3v) is 3.02. The molecule has 1 aromatic rings. The van der Waals surface area contributed by atoms with E-state index in [0.717, 1.165) is 6.42 Å². The number of ether oxygens (including phenoxy) is 2. The lowest BCUT2D eigenvalue weighted by atomic mass is 9.96. The largest absolute Gasteiger partial charge is 0.488 e. The molecule has 0 aliphatic rings. The molecule has 22 heavy (non-hydrogen) atoms. The number of carbonyl (C=O) groups is 1. The Bertz CT molecular complexity index is 484. The third-order valence-electron chi connectivity index (χ3n) is 3.02. The zero-order valence-electron chi connectivity index (χ0n) is 13.1. The van der Waals surface area contributed by atoms with E-state index in [2.05, 4.69) is 5.32 Å². The summed E-state index contributed by atoms with van der Waals surface area (Å²) in [5.41, 5.74) is 5.30. The molecule has 0 saturated carbocycles. The monoisotopic (exact) mass is 334 g/mol. The number of nitrogens with two attached hydrogens (primary N) is 1. The summed E-state index contributed by atoms with van der Waals surface area (Å²) >= 11 is 0. The highest BCUT2D eigenvalue weighted by molar-refractivity contribution is 5.97. The lowest BCUT2D eigenvalue weighted by Crippen LogP contribution is -2.48. The molecule has 0 saturated heterocycles. The van der Waals surface area contributed by atoms with E-state index in [1.165, 1.54) is 12.1 Å². The summed E-state index contributed by atoms with van der Waals surface area (Å²) in [5, 5.41) is 2.62. The van der Waals surface area contributed by atoms with Gasteiger partial charge in [0.25, 0.3) is 0 Å². The van der Waals surface area contributed by atoms with Gasteiger partial charge in [-0.15, -0.1) is 12.4 Å². The lowest BCUT2D eigenvalue weighted by Gasteiger charge is -2.22. The molecule has 1 aromatic carbocycles. The Kier molecular flexibility index (Phi) is 9.01. The highest BCUT2D eigenvalue weighted by Gasteiger charge is 2.27. The number of rotatable bonds is 8. The maximum Gasteiger partial charge on any atom is 0.244 e. The number of anilines is 1. The molecule has 0 aromatic heterocycles. The number of hydrogen-bond acceptors (Lipinski definition) is 4. The molecule has 0 aliphatic heterocycles. The standard InChI is InChI=1S/C15H23FN2O3.ClH/c1-4-7-15(2,17)14(19)18-11-5-6-13(12(16)10-11)21-9-8-20-3;/h5-6,10H,4,7-9,17H2,1-3H3,(H,18,19);1H. The minimum absolute atomic E-state index is 0. The van der Waals surface area contributed by atoms with E-state index >= 15 is 0 Å². The summed E-state index contributed by atoms with van der Waals surface area (Å²) < 4.78 is 23.9. The molecule has 0 aliphatic carbocycles. The average Bonchev–Trinajstić information content (AvgIpc) is 2.41. The molecule has 0 spiro atoms. The summed E-state index contributed by atoms with van der Waals surface area (Å²) in [6, 6.07) is 4.25. The van der Waals surface area contributed by atoms with Crippen LogP contribution in [-0.2, 0) is 9.53 Å². The maximum atomic E-state index is 13.8. The van der Waals surface area contributed by atoms with Crippen LogP contribution in [0.5, 0.6) is 5.75 Å². The van der Waals surface area contributed by atoms with Gasteiger partial charge in [0.05, 0.1) is 12.1 Å². The molecular weight excluding hydrogens is 311 g/mol. The van der Waals surface area contributed by atoms with Crippen molar-refractivity contribution in [2.45, 2.75) is 32.2 Å². The van der Waals surface area contributed by atoms with Crippen LogP contribution in [0.2, 0.25) is 0 Å². The van der Waals surface area contributed by atoms with Crippen molar-refractivity contribution in [1.29, 1.82) is 0 Å². The van der Waals surface area contributed by atoms with Gasteiger partial charge in [0.2, 0.25) is 5.91 Å². The first-order valence-electron chi connectivity index (χ1n) is 6.92. The van der Waals surface area contributed by atoms with Gasteiger partial charge in [-0.3, -0.25) is 4.79 Å². The first-order valence-corrected chi connectivity index (χ1v) is 6.92. The fourth-order valence-electron chi connectivity index (χ4n) is 1.84.